The van der Waals surface area contributed by atoms with Gasteiger partial charge in [0, 0.05) is 23.7 Å². The SMILES string of the molecule is COC(=O)c1cc(NC(=O)C2OC(C)(C(F)(F)F)C(C)C2c2ccc(F)c(F)c2)ccn1. The molecule has 1 aromatic carbocycles. The number of methoxy groups -OCH3 is 1. The van der Waals surface area contributed by atoms with Crippen molar-refractivity contribution in [3.63, 3.8) is 0 Å². The number of carbonyl (C=O) groups is 2. The Kier molecular flexibility index (Phi) is 6.23. The van der Waals surface area contributed by atoms with E-state index < -0.39 is 53.2 Å². The van der Waals surface area contributed by atoms with Gasteiger partial charge < -0.3 is 14.8 Å². The molecular formula is C21H19F5N2O4. The van der Waals surface area contributed by atoms with Gasteiger partial charge in [-0.3, -0.25) is 4.79 Å². The number of rotatable bonds is 4. The van der Waals surface area contributed by atoms with Gasteiger partial charge in [-0.15, -0.1) is 0 Å². The second kappa shape index (κ2) is 8.45. The average Bonchev–Trinajstić information content (AvgIpc) is 3.02. The quantitative estimate of drug-likeness (QED) is 0.548. The van der Waals surface area contributed by atoms with Crippen LogP contribution in [-0.2, 0) is 14.3 Å². The van der Waals surface area contributed by atoms with Gasteiger partial charge in [0.2, 0.25) is 0 Å². The highest BCUT2D eigenvalue weighted by atomic mass is 19.4. The van der Waals surface area contributed by atoms with Gasteiger partial charge in [0.05, 0.1) is 7.11 Å². The molecule has 4 unspecified atom stereocenters. The zero-order valence-corrected chi connectivity index (χ0v) is 17.2. The van der Waals surface area contributed by atoms with Crippen molar-refractivity contribution in [2.75, 3.05) is 12.4 Å². The monoisotopic (exact) mass is 458 g/mol. The number of benzene rings is 1. The van der Waals surface area contributed by atoms with Crippen molar-refractivity contribution in [3.05, 3.63) is 59.4 Å². The maximum absolute atomic E-state index is 13.8. The third kappa shape index (κ3) is 4.16. The lowest BCUT2D eigenvalue weighted by molar-refractivity contribution is -0.272. The van der Waals surface area contributed by atoms with Crippen molar-refractivity contribution >= 4 is 17.6 Å². The van der Waals surface area contributed by atoms with Gasteiger partial charge in [-0.2, -0.15) is 13.2 Å². The molecule has 6 nitrogen and oxygen atoms in total. The number of aromatic nitrogens is 1. The summed E-state index contributed by atoms with van der Waals surface area (Å²) >= 11 is 0. The summed E-state index contributed by atoms with van der Waals surface area (Å²) in [5, 5.41) is 2.39. The zero-order valence-electron chi connectivity index (χ0n) is 17.2. The predicted molar refractivity (Wildman–Crippen MR) is 102 cm³/mol. The maximum atomic E-state index is 13.8. The first-order chi connectivity index (χ1) is 14.9. The molecule has 1 fully saturated rings. The van der Waals surface area contributed by atoms with Crippen LogP contribution in [-0.4, -0.2) is 41.9 Å². The van der Waals surface area contributed by atoms with E-state index in [2.05, 4.69) is 15.0 Å². The first-order valence-corrected chi connectivity index (χ1v) is 9.43. The molecule has 0 aliphatic carbocycles. The lowest BCUT2D eigenvalue weighted by Gasteiger charge is -2.31. The number of ether oxygens (including phenoxy) is 2. The van der Waals surface area contributed by atoms with Crippen LogP contribution in [0.4, 0.5) is 27.6 Å². The molecule has 1 N–H and O–H groups in total. The summed E-state index contributed by atoms with van der Waals surface area (Å²) in [5.74, 6) is -6.72. The molecule has 3 rings (SSSR count). The van der Waals surface area contributed by atoms with E-state index in [1.807, 2.05) is 0 Å². The summed E-state index contributed by atoms with van der Waals surface area (Å²) in [4.78, 5) is 28.4. The molecule has 1 amide bonds. The summed E-state index contributed by atoms with van der Waals surface area (Å²) in [6, 6.07) is 5.15. The second-order valence-corrected chi connectivity index (χ2v) is 7.54. The minimum Gasteiger partial charge on any atom is -0.464 e. The number of amides is 1. The van der Waals surface area contributed by atoms with E-state index in [-0.39, 0.29) is 16.9 Å². The van der Waals surface area contributed by atoms with Crippen LogP contribution in [0.25, 0.3) is 0 Å². The number of anilines is 1. The van der Waals surface area contributed by atoms with E-state index in [1.54, 1.807) is 0 Å². The summed E-state index contributed by atoms with van der Waals surface area (Å²) < 4.78 is 78.5. The molecule has 1 aliphatic rings. The van der Waals surface area contributed by atoms with Crippen molar-refractivity contribution in [1.29, 1.82) is 0 Å². The highest BCUT2D eigenvalue weighted by Gasteiger charge is 2.65. The number of hydrogen-bond donors (Lipinski definition) is 1. The minimum atomic E-state index is -4.84. The molecule has 2 heterocycles. The lowest BCUT2D eigenvalue weighted by atomic mass is 9.77. The van der Waals surface area contributed by atoms with E-state index in [9.17, 15) is 31.5 Å². The van der Waals surface area contributed by atoms with E-state index in [1.165, 1.54) is 25.3 Å². The van der Waals surface area contributed by atoms with Crippen LogP contribution in [0.15, 0.2) is 36.5 Å². The van der Waals surface area contributed by atoms with Crippen molar-refractivity contribution in [1.82, 2.24) is 4.98 Å². The highest BCUT2D eigenvalue weighted by molar-refractivity contribution is 5.96. The van der Waals surface area contributed by atoms with Crippen molar-refractivity contribution in [2.24, 2.45) is 5.92 Å². The molecule has 1 saturated heterocycles. The Labute approximate surface area is 179 Å². The third-order valence-electron chi connectivity index (χ3n) is 5.68. The average molecular weight is 458 g/mol. The summed E-state index contributed by atoms with van der Waals surface area (Å²) in [7, 11) is 1.13. The molecule has 0 spiro atoms. The van der Waals surface area contributed by atoms with Crippen LogP contribution in [0.5, 0.6) is 0 Å². The summed E-state index contributed by atoms with van der Waals surface area (Å²) in [6.45, 7) is 2.04. The topological polar surface area (TPSA) is 77.5 Å². The second-order valence-electron chi connectivity index (χ2n) is 7.54. The lowest BCUT2D eigenvalue weighted by Crippen LogP contribution is -2.47. The zero-order chi connectivity index (χ0) is 23.8. The number of esters is 1. The van der Waals surface area contributed by atoms with Gasteiger partial charge in [-0.1, -0.05) is 13.0 Å². The number of alkyl halides is 3. The Bertz CT molecular complexity index is 1050. The molecule has 172 valence electrons. The van der Waals surface area contributed by atoms with Crippen LogP contribution >= 0.6 is 0 Å². The van der Waals surface area contributed by atoms with Gasteiger partial charge in [0.15, 0.2) is 17.2 Å². The smallest absolute Gasteiger partial charge is 0.417 e. The van der Waals surface area contributed by atoms with Gasteiger partial charge >= 0.3 is 12.1 Å². The highest BCUT2D eigenvalue weighted by Crippen LogP contribution is 2.53. The fraction of sp³-hybridized carbons (Fsp3) is 0.381. The molecule has 0 bridgehead atoms. The van der Waals surface area contributed by atoms with Crippen LogP contribution in [0.2, 0.25) is 0 Å². The van der Waals surface area contributed by atoms with Gasteiger partial charge in [0.1, 0.15) is 11.8 Å². The van der Waals surface area contributed by atoms with Gasteiger partial charge in [-0.05, 0) is 36.8 Å². The minimum absolute atomic E-state index is 0.0190. The Morgan fingerprint density at radius 3 is 2.44 bits per heavy atom. The van der Waals surface area contributed by atoms with Crippen LogP contribution < -0.4 is 5.32 Å². The number of nitrogens with zero attached hydrogens (tertiary/aromatic N) is 1. The van der Waals surface area contributed by atoms with Gasteiger partial charge in [-0.25, -0.2) is 18.6 Å². The number of nitrogens with one attached hydrogen (secondary N) is 1. The Morgan fingerprint density at radius 2 is 1.84 bits per heavy atom. The number of halogens is 5. The van der Waals surface area contributed by atoms with E-state index in [0.29, 0.717) is 0 Å². The molecule has 1 aliphatic heterocycles. The molecule has 11 heteroatoms. The van der Waals surface area contributed by atoms with Gasteiger partial charge in [0.25, 0.3) is 5.91 Å². The molecule has 4 atom stereocenters. The molecule has 2 aromatic rings. The van der Waals surface area contributed by atoms with E-state index >= 15 is 0 Å². The number of hydrogen-bond acceptors (Lipinski definition) is 5. The molecule has 1 aromatic heterocycles. The predicted octanol–water partition coefficient (Wildman–Crippen LogP) is 4.22. The van der Waals surface area contributed by atoms with Crippen molar-refractivity contribution < 1.29 is 41.0 Å². The maximum Gasteiger partial charge on any atom is 0.417 e. The standard InChI is InChI=1S/C21H19F5N2O4/c1-10-16(11-4-5-13(22)14(23)8-11)17(32-20(10,2)21(24,25)26)18(29)28-12-6-7-27-15(9-12)19(30)31-3/h4-10,16-17H,1-3H3,(H,27,28,29). The normalized spacial score (nSPS) is 25.4. The Morgan fingerprint density at radius 1 is 1.16 bits per heavy atom. The van der Waals surface area contributed by atoms with Crippen molar-refractivity contribution in [3.8, 4) is 0 Å². The number of carbonyl (C=O) groups excluding carboxylic acids is 2. The van der Waals surface area contributed by atoms with E-state index in [0.717, 1.165) is 32.2 Å². The van der Waals surface area contributed by atoms with Crippen LogP contribution in [0.3, 0.4) is 0 Å². The first kappa shape index (κ1) is 23.6. The van der Waals surface area contributed by atoms with Crippen molar-refractivity contribution in [2.45, 2.75) is 37.6 Å². The van der Waals surface area contributed by atoms with E-state index in [4.69, 9.17) is 4.74 Å². The fourth-order valence-corrected chi connectivity index (χ4v) is 3.71. The largest absolute Gasteiger partial charge is 0.464 e. The Hall–Kier alpha value is -3.08. The third-order valence-corrected chi connectivity index (χ3v) is 5.68. The van der Waals surface area contributed by atoms with Crippen LogP contribution in [0.1, 0.15) is 35.8 Å². The Balaban J connectivity index is 1.98. The fourth-order valence-electron chi connectivity index (χ4n) is 3.71. The molecule has 0 saturated carbocycles. The summed E-state index contributed by atoms with van der Waals surface area (Å²) in [5.41, 5.74) is -2.82. The van der Waals surface area contributed by atoms with Crippen LogP contribution in [0, 0.1) is 17.6 Å². The molecular weight excluding hydrogens is 439 g/mol. The molecule has 32 heavy (non-hydrogen) atoms. The number of pyridine rings is 1. The molecule has 0 radical (unpaired) electrons. The first-order valence-electron chi connectivity index (χ1n) is 9.43. The summed E-state index contributed by atoms with van der Waals surface area (Å²) in [6.07, 6.45) is -5.32.